The van der Waals surface area contributed by atoms with Crippen LogP contribution in [0.2, 0.25) is 0 Å². The zero-order valence-electron chi connectivity index (χ0n) is 16.8. The van der Waals surface area contributed by atoms with Crippen molar-refractivity contribution in [1.29, 1.82) is 0 Å². The van der Waals surface area contributed by atoms with E-state index >= 15 is 0 Å². The first-order valence-corrected chi connectivity index (χ1v) is 10.3. The molecule has 1 aromatic carbocycles. The molecule has 0 saturated carbocycles. The number of hydrogen-bond donors (Lipinski definition) is 0. The minimum Gasteiger partial charge on any atom is -0.341 e. The fourth-order valence-corrected chi connectivity index (χ4v) is 5.17. The highest BCUT2D eigenvalue weighted by Crippen LogP contribution is 2.46. The Balaban J connectivity index is 1.62. The fourth-order valence-electron chi connectivity index (χ4n) is 5.17. The first kappa shape index (κ1) is 18.5. The summed E-state index contributed by atoms with van der Waals surface area (Å²) in [7, 11) is 2.15. The molecule has 1 atom stereocenters. The highest BCUT2D eigenvalue weighted by molar-refractivity contribution is 5.98. The van der Waals surface area contributed by atoms with Gasteiger partial charge in [-0.2, -0.15) is 0 Å². The topological polar surface area (TPSA) is 43.9 Å². The van der Waals surface area contributed by atoms with Crippen LogP contribution in [0.15, 0.2) is 24.3 Å². The van der Waals surface area contributed by atoms with Gasteiger partial charge in [0.15, 0.2) is 0 Å². The predicted octanol–water partition coefficient (Wildman–Crippen LogP) is 2.40. The molecule has 5 heteroatoms. The lowest BCUT2D eigenvalue weighted by molar-refractivity contribution is -0.134. The van der Waals surface area contributed by atoms with Gasteiger partial charge in [0.1, 0.15) is 0 Å². The number of carbonyl (C=O) groups excluding carboxylic acids is 2. The molecule has 146 valence electrons. The molecule has 0 bridgehead atoms. The summed E-state index contributed by atoms with van der Waals surface area (Å²) in [4.78, 5) is 32.7. The molecular weight excluding hydrogens is 338 g/mol. The van der Waals surface area contributed by atoms with Gasteiger partial charge >= 0.3 is 0 Å². The number of rotatable bonds is 2. The number of likely N-dealkylation sites (tertiary alicyclic amines) is 2. The smallest absolute Gasteiger partial charge is 0.232 e. The Labute approximate surface area is 162 Å². The van der Waals surface area contributed by atoms with Crippen molar-refractivity contribution in [3.8, 4) is 0 Å². The van der Waals surface area contributed by atoms with Crippen molar-refractivity contribution in [3.63, 3.8) is 0 Å². The van der Waals surface area contributed by atoms with Crippen molar-refractivity contribution in [1.82, 2.24) is 9.80 Å². The quantitative estimate of drug-likeness (QED) is 0.804. The van der Waals surface area contributed by atoms with Crippen LogP contribution in [0.1, 0.15) is 32.3 Å². The Morgan fingerprint density at radius 1 is 1.11 bits per heavy atom. The average Bonchev–Trinajstić information content (AvgIpc) is 3.25. The van der Waals surface area contributed by atoms with E-state index in [1.54, 1.807) is 0 Å². The van der Waals surface area contributed by atoms with Gasteiger partial charge in [0.05, 0.1) is 5.92 Å². The molecule has 5 nitrogen and oxygen atoms in total. The molecule has 27 heavy (non-hydrogen) atoms. The second kappa shape index (κ2) is 6.93. The molecule has 0 N–H and O–H groups in total. The van der Waals surface area contributed by atoms with E-state index in [0.29, 0.717) is 6.54 Å². The van der Waals surface area contributed by atoms with Gasteiger partial charge in [0.25, 0.3) is 0 Å². The number of fused-ring (bicyclic) bond motifs is 1. The van der Waals surface area contributed by atoms with E-state index in [-0.39, 0.29) is 29.1 Å². The van der Waals surface area contributed by atoms with Crippen molar-refractivity contribution in [2.24, 2.45) is 17.3 Å². The summed E-state index contributed by atoms with van der Waals surface area (Å²) in [5.41, 5.74) is 2.27. The molecule has 0 aromatic heterocycles. The molecule has 3 heterocycles. The molecular formula is C22H31N3O2. The first-order chi connectivity index (χ1) is 12.9. The van der Waals surface area contributed by atoms with E-state index in [1.165, 1.54) is 5.56 Å². The van der Waals surface area contributed by atoms with Crippen LogP contribution in [0.5, 0.6) is 0 Å². The molecule has 1 aromatic rings. The summed E-state index contributed by atoms with van der Waals surface area (Å²) in [6, 6.07) is 8.24. The normalized spacial score (nSPS) is 24.7. The van der Waals surface area contributed by atoms with Crippen LogP contribution in [0, 0.1) is 17.3 Å². The van der Waals surface area contributed by atoms with Crippen molar-refractivity contribution in [2.45, 2.75) is 33.1 Å². The number of carbonyl (C=O) groups is 2. The van der Waals surface area contributed by atoms with E-state index in [4.69, 9.17) is 0 Å². The molecule has 0 aliphatic carbocycles. The Morgan fingerprint density at radius 2 is 1.81 bits per heavy atom. The van der Waals surface area contributed by atoms with Gasteiger partial charge in [-0.1, -0.05) is 32.0 Å². The molecule has 3 aliphatic rings. The summed E-state index contributed by atoms with van der Waals surface area (Å²) in [6.45, 7) is 8.00. The highest BCUT2D eigenvalue weighted by Gasteiger charge is 2.53. The van der Waals surface area contributed by atoms with Gasteiger partial charge in [-0.3, -0.25) is 9.59 Å². The SMILES string of the molecule is CC(C)C(=O)N1CC(C(=O)N2CCc3ccccc32)C2(CCN(C)CC2)C1. The predicted molar refractivity (Wildman–Crippen MR) is 107 cm³/mol. The van der Waals surface area contributed by atoms with Crippen LogP contribution in [-0.4, -0.2) is 61.4 Å². The first-order valence-electron chi connectivity index (χ1n) is 10.3. The van der Waals surface area contributed by atoms with Gasteiger partial charge in [0, 0.05) is 36.7 Å². The van der Waals surface area contributed by atoms with E-state index < -0.39 is 0 Å². The van der Waals surface area contributed by atoms with Crippen LogP contribution >= 0.6 is 0 Å². The van der Waals surface area contributed by atoms with Crippen molar-refractivity contribution < 1.29 is 9.59 Å². The van der Waals surface area contributed by atoms with Crippen LogP contribution < -0.4 is 4.90 Å². The molecule has 2 amide bonds. The second-order valence-corrected chi connectivity index (χ2v) is 8.96. The molecule has 1 spiro atoms. The van der Waals surface area contributed by atoms with E-state index in [0.717, 1.165) is 51.1 Å². The maximum absolute atomic E-state index is 13.7. The largest absolute Gasteiger partial charge is 0.341 e. The minimum atomic E-state index is -0.0833. The van der Waals surface area contributed by atoms with Crippen molar-refractivity contribution >= 4 is 17.5 Å². The van der Waals surface area contributed by atoms with Gasteiger partial charge in [0.2, 0.25) is 11.8 Å². The lowest BCUT2D eigenvalue weighted by Crippen LogP contribution is -2.48. The number of hydrogen-bond acceptors (Lipinski definition) is 3. The number of para-hydroxylation sites is 1. The second-order valence-electron chi connectivity index (χ2n) is 8.96. The summed E-state index contributed by atoms with van der Waals surface area (Å²) in [6.07, 6.45) is 2.92. The number of anilines is 1. The zero-order valence-corrected chi connectivity index (χ0v) is 16.8. The summed E-state index contributed by atoms with van der Waals surface area (Å²) < 4.78 is 0. The Bertz CT molecular complexity index is 737. The molecule has 3 aliphatic heterocycles. The maximum Gasteiger partial charge on any atom is 0.232 e. The minimum absolute atomic E-state index is 0.0188. The molecule has 2 saturated heterocycles. The standard InChI is InChI=1S/C22H31N3O2/c1-16(2)20(26)24-14-18(22(15-24)9-12-23(3)13-10-22)21(27)25-11-8-17-6-4-5-7-19(17)25/h4-7,16,18H,8-15H2,1-3H3. The third-order valence-corrected chi connectivity index (χ3v) is 6.89. The molecule has 1 unspecified atom stereocenters. The van der Waals surface area contributed by atoms with Crippen molar-refractivity contribution in [2.75, 3.05) is 44.7 Å². The Hall–Kier alpha value is -1.88. The third kappa shape index (κ3) is 3.16. The average molecular weight is 370 g/mol. The van der Waals surface area contributed by atoms with Crippen LogP contribution in [-0.2, 0) is 16.0 Å². The van der Waals surface area contributed by atoms with Gasteiger partial charge in [-0.05, 0) is 51.0 Å². The van der Waals surface area contributed by atoms with Crippen molar-refractivity contribution in [3.05, 3.63) is 29.8 Å². The third-order valence-electron chi connectivity index (χ3n) is 6.89. The summed E-state index contributed by atoms with van der Waals surface area (Å²) >= 11 is 0. The van der Waals surface area contributed by atoms with E-state index in [9.17, 15) is 9.59 Å². The highest BCUT2D eigenvalue weighted by atomic mass is 16.2. The summed E-state index contributed by atoms with van der Waals surface area (Å²) in [5.74, 6) is 0.309. The number of benzene rings is 1. The van der Waals surface area contributed by atoms with Crippen LogP contribution in [0.25, 0.3) is 0 Å². The Morgan fingerprint density at radius 3 is 2.52 bits per heavy atom. The Kier molecular flexibility index (Phi) is 4.75. The lowest BCUT2D eigenvalue weighted by Gasteiger charge is -2.41. The van der Waals surface area contributed by atoms with Crippen LogP contribution in [0.4, 0.5) is 5.69 Å². The molecule has 4 rings (SSSR count). The monoisotopic (exact) mass is 369 g/mol. The van der Waals surface area contributed by atoms with E-state index in [2.05, 4.69) is 24.1 Å². The number of amides is 2. The number of nitrogens with zero attached hydrogens (tertiary/aromatic N) is 3. The summed E-state index contributed by atoms with van der Waals surface area (Å²) in [5, 5.41) is 0. The number of piperidine rings is 1. The van der Waals surface area contributed by atoms with Crippen LogP contribution in [0.3, 0.4) is 0 Å². The zero-order chi connectivity index (χ0) is 19.2. The van der Waals surface area contributed by atoms with E-state index in [1.807, 2.05) is 35.8 Å². The van der Waals surface area contributed by atoms with Gasteiger partial charge in [-0.15, -0.1) is 0 Å². The maximum atomic E-state index is 13.7. The van der Waals surface area contributed by atoms with Gasteiger partial charge in [-0.25, -0.2) is 0 Å². The fraction of sp³-hybridized carbons (Fsp3) is 0.636. The van der Waals surface area contributed by atoms with Gasteiger partial charge < -0.3 is 14.7 Å². The lowest BCUT2D eigenvalue weighted by atomic mass is 9.70. The molecule has 2 fully saturated rings. The molecule has 0 radical (unpaired) electrons.